The third-order valence-corrected chi connectivity index (χ3v) is 3.48. The Morgan fingerprint density at radius 3 is 2.05 bits per heavy atom. The van der Waals surface area contributed by atoms with E-state index in [1.165, 1.54) is 5.56 Å². The quantitative estimate of drug-likeness (QED) is 0.878. The van der Waals surface area contributed by atoms with E-state index in [-0.39, 0.29) is 0 Å². The SMILES string of the molecule is COc1cc(C[NH+]2C[C@H](C)O[C@@H](C)C2)cc(OC)c1. The van der Waals surface area contributed by atoms with Crippen molar-refractivity contribution >= 4 is 0 Å². The zero-order chi connectivity index (χ0) is 13.8. The van der Waals surface area contributed by atoms with Gasteiger partial charge in [0, 0.05) is 11.6 Å². The second-order valence-corrected chi connectivity index (χ2v) is 5.31. The summed E-state index contributed by atoms with van der Waals surface area (Å²) in [4.78, 5) is 1.54. The molecule has 106 valence electrons. The first-order valence-electron chi connectivity index (χ1n) is 6.81. The summed E-state index contributed by atoms with van der Waals surface area (Å²) in [6.07, 6.45) is 0.650. The summed E-state index contributed by atoms with van der Waals surface area (Å²) in [5, 5.41) is 0. The molecule has 1 N–H and O–H groups in total. The molecule has 19 heavy (non-hydrogen) atoms. The van der Waals surface area contributed by atoms with Gasteiger partial charge in [0.05, 0.1) is 14.2 Å². The number of ether oxygens (including phenoxy) is 3. The average Bonchev–Trinajstić information content (AvgIpc) is 2.37. The van der Waals surface area contributed by atoms with Crippen molar-refractivity contribution in [3.63, 3.8) is 0 Å². The highest BCUT2D eigenvalue weighted by molar-refractivity contribution is 5.38. The van der Waals surface area contributed by atoms with Gasteiger partial charge in [-0.25, -0.2) is 0 Å². The van der Waals surface area contributed by atoms with Crippen LogP contribution >= 0.6 is 0 Å². The molecule has 0 aliphatic carbocycles. The van der Waals surface area contributed by atoms with Crippen LogP contribution in [-0.2, 0) is 11.3 Å². The minimum absolute atomic E-state index is 0.325. The molecule has 2 rings (SSSR count). The van der Waals surface area contributed by atoms with E-state index in [1.807, 2.05) is 6.07 Å². The zero-order valence-corrected chi connectivity index (χ0v) is 12.2. The summed E-state index contributed by atoms with van der Waals surface area (Å²) in [6, 6.07) is 6.07. The van der Waals surface area contributed by atoms with E-state index in [2.05, 4.69) is 26.0 Å². The van der Waals surface area contributed by atoms with Crippen LogP contribution in [-0.4, -0.2) is 39.5 Å². The first-order chi connectivity index (χ1) is 9.10. The minimum Gasteiger partial charge on any atom is -0.497 e. The molecule has 1 aliphatic heterocycles. The van der Waals surface area contributed by atoms with E-state index in [4.69, 9.17) is 14.2 Å². The summed E-state index contributed by atoms with van der Waals surface area (Å²) in [6.45, 7) is 7.35. The number of rotatable bonds is 4. The number of morpholine rings is 1. The van der Waals surface area contributed by atoms with Crippen molar-refractivity contribution in [2.45, 2.75) is 32.6 Å². The highest BCUT2D eigenvalue weighted by Crippen LogP contribution is 2.22. The van der Waals surface area contributed by atoms with Crippen LogP contribution in [0.2, 0.25) is 0 Å². The number of nitrogens with one attached hydrogen (secondary N) is 1. The highest BCUT2D eigenvalue weighted by atomic mass is 16.5. The number of hydrogen-bond acceptors (Lipinski definition) is 3. The maximum Gasteiger partial charge on any atom is 0.123 e. The topological polar surface area (TPSA) is 32.1 Å². The van der Waals surface area contributed by atoms with Crippen LogP contribution in [0.15, 0.2) is 18.2 Å². The molecule has 1 fully saturated rings. The molecule has 1 heterocycles. The number of benzene rings is 1. The maximum atomic E-state index is 5.77. The Morgan fingerprint density at radius 1 is 1.05 bits per heavy atom. The molecule has 1 aromatic carbocycles. The Kier molecular flexibility index (Phi) is 4.66. The Bertz CT molecular complexity index is 390. The van der Waals surface area contributed by atoms with Crippen molar-refractivity contribution in [1.82, 2.24) is 0 Å². The molecule has 0 radical (unpaired) electrons. The third-order valence-electron chi connectivity index (χ3n) is 3.48. The second kappa shape index (κ2) is 6.26. The van der Waals surface area contributed by atoms with Crippen LogP contribution in [0.3, 0.4) is 0 Å². The van der Waals surface area contributed by atoms with Gasteiger partial charge in [0.15, 0.2) is 0 Å². The molecular formula is C15H24NO3+. The molecule has 0 spiro atoms. The van der Waals surface area contributed by atoms with Gasteiger partial charge in [-0.15, -0.1) is 0 Å². The lowest BCUT2D eigenvalue weighted by molar-refractivity contribution is -0.928. The first kappa shape index (κ1) is 14.2. The molecule has 0 aromatic heterocycles. The predicted octanol–water partition coefficient (Wildman–Crippen LogP) is 0.896. The summed E-state index contributed by atoms with van der Waals surface area (Å²) in [5.41, 5.74) is 1.24. The van der Waals surface area contributed by atoms with Crippen molar-refractivity contribution in [3.8, 4) is 11.5 Å². The van der Waals surface area contributed by atoms with Crippen LogP contribution in [0.5, 0.6) is 11.5 Å². The fraction of sp³-hybridized carbons (Fsp3) is 0.600. The van der Waals surface area contributed by atoms with Crippen LogP contribution in [0.4, 0.5) is 0 Å². The van der Waals surface area contributed by atoms with E-state index >= 15 is 0 Å². The molecule has 4 heteroatoms. The van der Waals surface area contributed by atoms with Crippen molar-refractivity contribution in [1.29, 1.82) is 0 Å². The predicted molar refractivity (Wildman–Crippen MR) is 74.0 cm³/mol. The smallest absolute Gasteiger partial charge is 0.123 e. The molecule has 0 unspecified atom stereocenters. The Balaban J connectivity index is 2.09. The van der Waals surface area contributed by atoms with Crippen molar-refractivity contribution in [3.05, 3.63) is 23.8 Å². The van der Waals surface area contributed by atoms with Gasteiger partial charge in [0.2, 0.25) is 0 Å². The molecule has 2 atom stereocenters. The average molecular weight is 266 g/mol. The Labute approximate surface area is 115 Å². The lowest BCUT2D eigenvalue weighted by Crippen LogP contribution is -3.14. The summed E-state index contributed by atoms with van der Waals surface area (Å²) in [7, 11) is 3.37. The van der Waals surface area contributed by atoms with Gasteiger partial charge in [-0.1, -0.05) is 0 Å². The minimum atomic E-state index is 0.325. The monoisotopic (exact) mass is 266 g/mol. The highest BCUT2D eigenvalue weighted by Gasteiger charge is 2.25. The third kappa shape index (κ3) is 3.85. The van der Waals surface area contributed by atoms with Crippen LogP contribution in [0.25, 0.3) is 0 Å². The van der Waals surface area contributed by atoms with Crippen molar-refractivity contribution < 1.29 is 19.1 Å². The Morgan fingerprint density at radius 2 is 1.58 bits per heavy atom. The molecule has 4 nitrogen and oxygen atoms in total. The van der Waals surface area contributed by atoms with Gasteiger partial charge in [0.25, 0.3) is 0 Å². The maximum absolute atomic E-state index is 5.77. The van der Waals surface area contributed by atoms with Crippen LogP contribution in [0.1, 0.15) is 19.4 Å². The van der Waals surface area contributed by atoms with Crippen LogP contribution < -0.4 is 14.4 Å². The van der Waals surface area contributed by atoms with Gasteiger partial charge in [-0.05, 0) is 26.0 Å². The number of quaternary nitrogens is 1. The van der Waals surface area contributed by atoms with Crippen molar-refractivity contribution in [2.24, 2.45) is 0 Å². The van der Waals surface area contributed by atoms with E-state index < -0.39 is 0 Å². The van der Waals surface area contributed by atoms with Gasteiger partial charge in [-0.3, -0.25) is 0 Å². The standard InChI is InChI=1S/C15H23NO3/c1-11-8-16(9-12(2)19-11)10-13-5-14(17-3)7-15(6-13)18-4/h5-7,11-12H,8-10H2,1-4H3/p+1/t11-,12-/m0/s1. The van der Waals surface area contributed by atoms with Gasteiger partial charge in [-0.2, -0.15) is 0 Å². The summed E-state index contributed by atoms with van der Waals surface area (Å²) in [5.74, 6) is 1.70. The van der Waals surface area contributed by atoms with E-state index in [1.54, 1.807) is 19.1 Å². The molecule has 0 saturated carbocycles. The van der Waals surface area contributed by atoms with E-state index in [0.29, 0.717) is 12.2 Å². The number of methoxy groups -OCH3 is 2. The fourth-order valence-corrected chi connectivity index (χ4v) is 2.79. The Hall–Kier alpha value is -1.26. The molecular weight excluding hydrogens is 242 g/mol. The normalized spacial score (nSPS) is 27.1. The first-order valence-corrected chi connectivity index (χ1v) is 6.81. The van der Waals surface area contributed by atoms with Gasteiger partial charge < -0.3 is 19.1 Å². The molecule has 0 amide bonds. The van der Waals surface area contributed by atoms with E-state index in [0.717, 1.165) is 31.1 Å². The summed E-state index contributed by atoms with van der Waals surface area (Å²) < 4.78 is 16.4. The largest absolute Gasteiger partial charge is 0.497 e. The zero-order valence-electron chi connectivity index (χ0n) is 12.2. The molecule has 1 saturated heterocycles. The van der Waals surface area contributed by atoms with E-state index in [9.17, 15) is 0 Å². The second-order valence-electron chi connectivity index (χ2n) is 5.31. The van der Waals surface area contributed by atoms with Gasteiger partial charge >= 0.3 is 0 Å². The lowest BCUT2D eigenvalue weighted by Gasteiger charge is -2.32. The molecule has 1 aromatic rings. The molecule has 0 bridgehead atoms. The lowest BCUT2D eigenvalue weighted by atomic mass is 10.1. The number of hydrogen-bond donors (Lipinski definition) is 1. The fourth-order valence-electron chi connectivity index (χ4n) is 2.79. The van der Waals surface area contributed by atoms with Crippen LogP contribution in [0, 0.1) is 0 Å². The van der Waals surface area contributed by atoms with Crippen molar-refractivity contribution in [2.75, 3.05) is 27.3 Å². The molecule has 1 aliphatic rings. The summed E-state index contributed by atoms with van der Waals surface area (Å²) >= 11 is 0. The van der Waals surface area contributed by atoms with Gasteiger partial charge in [0.1, 0.15) is 43.3 Å².